The third-order valence-electron chi connectivity index (χ3n) is 5.46. The minimum absolute atomic E-state index is 0.200. The molecule has 3 heterocycles. The van der Waals surface area contributed by atoms with Crippen LogP contribution < -0.4 is 5.43 Å². The van der Waals surface area contributed by atoms with Crippen LogP contribution in [0.1, 0.15) is 23.7 Å². The van der Waals surface area contributed by atoms with Gasteiger partial charge in [0.05, 0.1) is 11.2 Å². The molecular weight excluding hydrogens is 437 g/mol. The number of hydrogen-bond donors (Lipinski definition) is 1. The van der Waals surface area contributed by atoms with E-state index in [1.165, 1.54) is 17.0 Å². The summed E-state index contributed by atoms with van der Waals surface area (Å²) in [6.45, 7) is 1.86. The van der Waals surface area contributed by atoms with Crippen LogP contribution in [-0.4, -0.2) is 54.5 Å². The molecule has 1 aromatic heterocycles. The zero-order chi connectivity index (χ0) is 22.6. The van der Waals surface area contributed by atoms with Crippen LogP contribution >= 0.6 is 0 Å². The van der Waals surface area contributed by atoms with E-state index in [9.17, 15) is 26.4 Å². The van der Waals surface area contributed by atoms with Gasteiger partial charge in [0, 0.05) is 42.4 Å². The number of nitrogens with zero attached hydrogens (tertiary/aromatic N) is 3. The smallest absolute Gasteiger partial charge is 0.319 e. The number of rotatable bonds is 3. The molecule has 2 aromatic rings. The highest BCUT2D eigenvalue weighted by Crippen LogP contribution is 2.38. The lowest BCUT2D eigenvalue weighted by Gasteiger charge is -2.33. The summed E-state index contributed by atoms with van der Waals surface area (Å²) in [7, 11) is -4.38. The van der Waals surface area contributed by atoms with Crippen LogP contribution in [0.25, 0.3) is 10.9 Å². The van der Waals surface area contributed by atoms with Gasteiger partial charge in [-0.05, 0) is 37.6 Å². The average Bonchev–Trinajstić information content (AvgIpc) is 3.02. The van der Waals surface area contributed by atoms with E-state index in [-0.39, 0.29) is 18.9 Å². The SMILES string of the molecule is CC1=C2NN(C)[C@@H](OS(=O)(=O)C(F)(F)F)C2CCN1C(=O)c1ccc2ncccc2c1. The lowest BCUT2D eigenvalue weighted by atomic mass is 9.95. The first-order valence-electron chi connectivity index (χ1n) is 9.36. The molecule has 1 saturated heterocycles. The van der Waals surface area contributed by atoms with Gasteiger partial charge >= 0.3 is 15.6 Å². The molecule has 2 aliphatic rings. The van der Waals surface area contributed by atoms with E-state index in [0.717, 1.165) is 10.9 Å². The summed E-state index contributed by atoms with van der Waals surface area (Å²) >= 11 is 0. The fourth-order valence-corrected chi connectivity index (χ4v) is 4.53. The van der Waals surface area contributed by atoms with Crippen molar-refractivity contribution in [3.63, 3.8) is 0 Å². The predicted octanol–water partition coefficient (Wildman–Crippen LogP) is 2.57. The van der Waals surface area contributed by atoms with Gasteiger partial charge in [-0.3, -0.25) is 9.78 Å². The van der Waals surface area contributed by atoms with Crippen molar-refractivity contribution in [2.45, 2.75) is 25.1 Å². The molecule has 4 rings (SSSR count). The Bertz CT molecular complexity index is 1180. The number of pyridine rings is 1. The third kappa shape index (κ3) is 3.75. The lowest BCUT2D eigenvalue weighted by Crippen LogP contribution is -2.42. The van der Waals surface area contributed by atoms with Crippen molar-refractivity contribution in [2.24, 2.45) is 5.92 Å². The number of halogens is 3. The van der Waals surface area contributed by atoms with Gasteiger partial charge in [0.2, 0.25) is 0 Å². The maximum Gasteiger partial charge on any atom is 0.523 e. The molecule has 2 aliphatic heterocycles. The Morgan fingerprint density at radius 1 is 1.29 bits per heavy atom. The average molecular weight is 456 g/mol. The summed E-state index contributed by atoms with van der Waals surface area (Å²) in [6, 6.07) is 8.74. The number of nitrogens with one attached hydrogen (secondary N) is 1. The van der Waals surface area contributed by atoms with Crippen LogP contribution in [-0.2, 0) is 14.3 Å². The highest BCUT2D eigenvalue weighted by molar-refractivity contribution is 7.87. The maximum atomic E-state index is 13.1. The number of hydrogen-bond acceptors (Lipinski definition) is 7. The Balaban J connectivity index is 1.61. The van der Waals surface area contributed by atoms with Crippen LogP contribution in [0.4, 0.5) is 13.2 Å². The summed E-state index contributed by atoms with van der Waals surface area (Å²) < 4.78 is 65.7. The van der Waals surface area contributed by atoms with Crippen molar-refractivity contribution in [1.82, 2.24) is 20.3 Å². The number of benzene rings is 1. The fraction of sp³-hybridized carbons (Fsp3) is 0.368. The van der Waals surface area contributed by atoms with Crippen molar-refractivity contribution in [2.75, 3.05) is 13.6 Å². The molecule has 166 valence electrons. The molecule has 1 fully saturated rings. The van der Waals surface area contributed by atoms with Gasteiger partial charge < -0.3 is 10.3 Å². The summed E-state index contributed by atoms with van der Waals surface area (Å²) in [4.78, 5) is 18.9. The lowest BCUT2D eigenvalue weighted by molar-refractivity contribution is -0.0681. The molecule has 0 spiro atoms. The van der Waals surface area contributed by atoms with Gasteiger partial charge in [-0.2, -0.15) is 26.6 Å². The highest BCUT2D eigenvalue weighted by Gasteiger charge is 2.52. The Labute approximate surface area is 176 Å². The second-order valence-corrected chi connectivity index (χ2v) is 8.93. The standard InChI is InChI=1S/C19H19F3N4O4S/c1-11-16-14(18(25(2)24-16)30-31(28,29)19(20,21)22)7-9-26(11)17(27)13-5-6-15-12(10-13)4-3-8-23-15/h3-6,8,10,14,18,24H,7,9H2,1-2H3/t14?,18-/m0/s1. The molecule has 1 unspecified atom stereocenters. The van der Waals surface area contributed by atoms with Crippen molar-refractivity contribution in [3.8, 4) is 0 Å². The third-order valence-corrected chi connectivity index (χ3v) is 6.47. The first-order chi connectivity index (χ1) is 14.5. The monoisotopic (exact) mass is 456 g/mol. The number of hydrazine groups is 1. The quantitative estimate of drug-likeness (QED) is 0.561. The summed E-state index contributed by atoms with van der Waals surface area (Å²) in [6.07, 6.45) is 0.506. The van der Waals surface area contributed by atoms with Gasteiger partial charge in [-0.25, -0.2) is 4.18 Å². The van der Waals surface area contributed by atoms with Crippen molar-refractivity contribution >= 4 is 26.9 Å². The molecule has 0 saturated carbocycles. The normalized spacial score (nSPS) is 22.5. The first kappa shape index (κ1) is 21.5. The molecule has 0 radical (unpaired) electrons. The molecular formula is C19H19F3N4O4S. The van der Waals surface area contributed by atoms with Crippen molar-refractivity contribution in [3.05, 3.63) is 53.5 Å². The van der Waals surface area contributed by atoms with Crippen LogP contribution in [0.15, 0.2) is 47.9 Å². The Kier molecular flexibility index (Phi) is 5.18. The topological polar surface area (TPSA) is 91.8 Å². The first-order valence-corrected chi connectivity index (χ1v) is 10.8. The Hall–Kier alpha value is -2.70. The second kappa shape index (κ2) is 7.46. The van der Waals surface area contributed by atoms with E-state index in [1.54, 1.807) is 37.4 Å². The van der Waals surface area contributed by atoms with Crippen LogP contribution in [0.2, 0.25) is 0 Å². The molecule has 1 aromatic carbocycles. The van der Waals surface area contributed by atoms with E-state index in [0.29, 0.717) is 17.0 Å². The minimum atomic E-state index is -5.77. The number of allylic oxidation sites excluding steroid dienone is 1. The second-order valence-electron chi connectivity index (χ2n) is 7.37. The van der Waals surface area contributed by atoms with E-state index in [2.05, 4.69) is 14.6 Å². The van der Waals surface area contributed by atoms with Crippen LogP contribution in [0.3, 0.4) is 0 Å². The van der Waals surface area contributed by atoms with Crippen LogP contribution in [0.5, 0.6) is 0 Å². The van der Waals surface area contributed by atoms with Gasteiger partial charge in [0.25, 0.3) is 5.91 Å². The number of carbonyl (C=O) groups excluding carboxylic acids is 1. The van der Waals surface area contributed by atoms with E-state index < -0.39 is 27.8 Å². The van der Waals surface area contributed by atoms with E-state index in [1.807, 2.05) is 6.07 Å². The summed E-state index contributed by atoms with van der Waals surface area (Å²) in [5, 5.41) is 1.97. The number of amides is 1. The maximum absolute atomic E-state index is 13.1. The van der Waals surface area contributed by atoms with Gasteiger partial charge in [0.1, 0.15) is 0 Å². The van der Waals surface area contributed by atoms with Crippen LogP contribution in [0, 0.1) is 5.92 Å². The Morgan fingerprint density at radius 3 is 2.74 bits per heavy atom. The van der Waals surface area contributed by atoms with Crippen molar-refractivity contribution in [1.29, 1.82) is 0 Å². The summed E-state index contributed by atoms with van der Waals surface area (Å²) in [5.41, 5.74) is -0.533. The number of fused-ring (bicyclic) bond motifs is 2. The minimum Gasteiger partial charge on any atom is -0.319 e. The summed E-state index contributed by atoms with van der Waals surface area (Å²) in [5.74, 6) is -0.932. The number of carbonyl (C=O) groups is 1. The molecule has 2 atom stereocenters. The van der Waals surface area contributed by atoms with Gasteiger partial charge in [-0.1, -0.05) is 6.07 Å². The zero-order valence-corrected chi connectivity index (χ0v) is 17.4. The van der Waals surface area contributed by atoms with E-state index in [4.69, 9.17) is 0 Å². The largest absolute Gasteiger partial charge is 0.523 e. The number of alkyl halides is 3. The molecule has 12 heteroatoms. The predicted molar refractivity (Wildman–Crippen MR) is 104 cm³/mol. The molecule has 1 amide bonds. The van der Waals surface area contributed by atoms with Gasteiger partial charge in [0.15, 0.2) is 6.23 Å². The molecule has 0 aliphatic carbocycles. The Morgan fingerprint density at radius 2 is 2.03 bits per heavy atom. The molecule has 8 nitrogen and oxygen atoms in total. The molecule has 31 heavy (non-hydrogen) atoms. The zero-order valence-electron chi connectivity index (χ0n) is 16.5. The van der Waals surface area contributed by atoms with Gasteiger partial charge in [-0.15, -0.1) is 0 Å². The number of aromatic nitrogens is 1. The highest BCUT2D eigenvalue weighted by atomic mass is 32.2. The fourth-order valence-electron chi connectivity index (χ4n) is 3.90. The van der Waals surface area contributed by atoms with E-state index >= 15 is 0 Å². The molecule has 1 N–H and O–H groups in total. The molecule has 0 bridgehead atoms. The van der Waals surface area contributed by atoms with Crippen molar-refractivity contribution < 1.29 is 30.6 Å².